The van der Waals surface area contributed by atoms with Crippen LogP contribution >= 0.6 is 0 Å². The Bertz CT molecular complexity index is 1060. The Morgan fingerprint density at radius 2 is 1.62 bits per heavy atom. The molecule has 0 aliphatic heterocycles. The highest BCUT2D eigenvalue weighted by Crippen LogP contribution is 2.21. The van der Waals surface area contributed by atoms with Crippen LogP contribution in [-0.4, -0.2) is 26.1 Å². The minimum absolute atomic E-state index is 0.0141. The third-order valence-electron chi connectivity index (χ3n) is 4.81. The van der Waals surface area contributed by atoms with Crippen LogP contribution in [0, 0.1) is 0 Å². The van der Waals surface area contributed by atoms with E-state index in [4.69, 9.17) is 0 Å². The molecule has 1 aromatic heterocycles. The van der Waals surface area contributed by atoms with Gasteiger partial charge < -0.3 is 5.32 Å². The average molecular weight is 383 g/mol. The van der Waals surface area contributed by atoms with Crippen LogP contribution in [0.25, 0.3) is 16.8 Å². The molecule has 0 spiro atoms. The van der Waals surface area contributed by atoms with Crippen molar-refractivity contribution < 1.29 is 4.79 Å². The Hall–Kier alpha value is -3.80. The summed E-state index contributed by atoms with van der Waals surface area (Å²) in [5.41, 5.74) is 5.21. The minimum Gasteiger partial charge on any atom is -0.349 e. The van der Waals surface area contributed by atoms with Gasteiger partial charge in [-0.1, -0.05) is 66.7 Å². The first-order valence-corrected chi connectivity index (χ1v) is 9.46. The number of carbonyl (C=O) groups is 1. The molecule has 0 saturated heterocycles. The van der Waals surface area contributed by atoms with Gasteiger partial charge in [0.15, 0.2) is 0 Å². The van der Waals surface area contributed by atoms with E-state index in [0.29, 0.717) is 6.42 Å². The summed E-state index contributed by atoms with van der Waals surface area (Å²) in [7, 11) is 0. The number of tetrazole rings is 1. The number of aromatic nitrogens is 4. The van der Waals surface area contributed by atoms with Gasteiger partial charge in [0.25, 0.3) is 0 Å². The number of rotatable bonds is 6. The van der Waals surface area contributed by atoms with E-state index >= 15 is 0 Å². The molecule has 1 N–H and O–H groups in total. The maximum atomic E-state index is 12.4. The van der Waals surface area contributed by atoms with Crippen molar-refractivity contribution in [2.45, 2.75) is 19.4 Å². The number of nitrogens with one attached hydrogen (secondary N) is 1. The molecule has 1 amide bonds. The molecule has 0 aliphatic carbocycles. The maximum Gasteiger partial charge on any atom is 0.224 e. The number of nitrogens with zero attached hydrogens (tertiary/aromatic N) is 4. The van der Waals surface area contributed by atoms with E-state index in [1.165, 1.54) is 11.9 Å². The third kappa shape index (κ3) is 4.55. The summed E-state index contributed by atoms with van der Waals surface area (Å²) in [6.45, 7) is 2.00. The Balaban J connectivity index is 1.35. The number of carbonyl (C=O) groups excluding carboxylic acids is 1. The zero-order valence-electron chi connectivity index (χ0n) is 16.1. The first-order chi connectivity index (χ1) is 14.2. The molecule has 4 aromatic rings. The predicted octanol–water partition coefficient (Wildman–Crippen LogP) is 3.75. The molecule has 0 bridgehead atoms. The Morgan fingerprint density at radius 1 is 0.931 bits per heavy atom. The highest BCUT2D eigenvalue weighted by atomic mass is 16.1. The largest absolute Gasteiger partial charge is 0.349 e. The number of hydrogen-bond acceptors (Lipinski definition) is 4. The molecule has 1 atom stereocenters. The molecule has 29 heavy (non-hydrogen) atoms. The lowest BCUT2D eigenvalue weighted by atomic mass is 10.0. The zero-order chi connectivity index (χ0) is 20.1. The van der Waals surface area contributed by atoms with Crippen molar-refractivity contribution in [1.82, 2.24) is 25.5 Å². The van der Waals surface area contributed by atoms with Crippen molar-refractivity contribution in [3.8, 4) is 16.8 Å². The van der Waals surface area contributed by atoms with Gasteiger partial charge in [-0.3, -0.25) is 4.79 Å². The molecule has 4 rings (SSSR count). The van der Waals surface area contributed by atoms with Crippen LogP contribution < -0.4 is 5.32 Å². The van der Waals surface area contributed by atoms with Crippen LogP contribution in [0.2, 0.25) is 0 Å². The van der Waals surface area contributed by atoms with Crippen molar-refractivity contribution in [3.63, 3.8) is 0 Å². The van der Waals surface area contributed by atoms with Crippen LogP contribution in [0.4, 0.5) is 0 Å². The fourth-order valence-corrected chi connectivity index (χ4v) is 3.20. The second kappa shape index (κ2) is 8.48. The van der Waals surface area contributed by atoms with Crippen LogP contribution in [0.15, 0.2) is 85.2 Å². The van der Waals surface area contributed by atoms with Crippen LogP contribution in [-0.2, 0) is 11.2 Å². The molecule has 1 unspecified atom stereocenters. The van der Waals surface area contributed by atoms with Crippen LogP contribution in [0.1, 0.15) is 24.1 Å². The normalized spacial score (nSPS) is 11.8. The van der Waals surface area contributed by atoms with E-state index in [1.807, 2.05) is 49.4 Å². The van der Waals surface area contributed by atoms with Crippen molar-refractivity contribution in [2.24, 2.45) is 0 Å². The molecule has 144 valence electrons. The molecule has 1 heterocycles. The van der Waals surface area contributed by atoms with Crippen LogP contribution in [0.5, 0.6) is 0 Å². The number of amides is 1. The molecule has 3 aromatic carbocycles. The van der Waals surface area contributed by atoms with Crippen molar-refractivity contribution in [2.75, 3.05) is 0 Å². The van der Waals surface area contributed by atoms with Gasteiger partial charge >= 0.3 is 0 Å². The van der Waals surface area contributed by atoms with Gasteiger partial charge in [-0.05, 0) is 51.7 Å². The molecule has 0 radical (unpaired) electrons. The Kier molecular flexibility index (Phi) is 5.42. The van der Waals surface area contributed by atoms with Crippen molar-refractivity contribution in [1.29, 1.82) is 0 Å². The van der Waals surface area contributed by atoms with Gasteiger partial charge in [-0.15, -0.1) is 5.10 Å². The summed E-state index contributed by atoms with van der Waals surface area (Å²) in [5.74, 6) is -0.0141. The first-order valence-electron chi connectivity index (χ1n) is 9.46. The number of hydrogen-bond donors (Lipinski definition) is 1. The maximum absolute atomic E-state index is 12.4. The van der Waals surface area contributed by atoms with Gasteiger partial charge in [0.05, 0.1) is 18.2 Å². The molecule has 0 aliphatic rings. The predicted molar refractivity (Wildman–Crippen MR) is 111 cm³/mol. The quantitative estimate of drug-likeness (QED) is 0.550. The fraction of sp³-hybridized carbons (Fsp3) is 0.130. The SMILES string of the molecule is CC(NC(=O)Cc1ccc(-n2cnnn2)cc1)c1ccc(-c2ccccc2)cc1. The Labute approximate surface area is 169 Å². The number of benzene rings is 3. The molecule has 6 heteroatoms. The lowest BCUT2D eigenvalue weighted by Gasteiger charge is -2.15. The van der Waals surface area contributed by atoms with E-state index in [-0.39, 0.29) is 11.9 Å². The topological polar surface area (TPSA) is 72.7 Å². The summed E-state index contributed by atoms with van der Waals surface area (Å²) < 4.78 is 1.57. The molecule has 6 nitrogen and oxygen atoms in total. The van der Waals surface area contributed by atoms with Crippen molar-refractivity contribution in [3.05, 3.63) is 96.3 Å². The summed E-state index contributed by atoms with van der Waals surface area (Å²) >= 11 is 0. The zero-order valence-corrected chi connectivity index (χ0v) is 16.1. The van der Waals surface area contributed by atoms with Gasteiger partial charge in [-0.25, -0.2) is 4.68 Å². The summed E-state index contributed by atoms with van der Waals surface area (Å²) in [5, 5.41) is 14.2. The highest BCUT2D eigenvalue weighted by molar-refractivity contribution is 5.79. The lowest BCUT2D eigenvalue weighted by Crippen LogP contribution is -2.28. The first kappa shape index (κ1) is 18.6. The Morgan fingerprint density at radius 3 is 2.28 bits per heavy atom. The fourth-order valence-electron chi connectivity index (χ4n) is 3.20. The lowest BCUT2D eigenvalue weighted by molar-refractivity contribution is -0.121. The smallest absolute Gasteiger partial charge is 0.224 e. The van der Waals surface area contributed by atoms with Gasteiger partial charge in [0.1, 0.15) is 6.33 Å². The summed E-state index contributed by atoms with van der Waals surface area (Å²) in [4.78, 5) is 12.4. The average Bonchev–Trinajstić information content (AvgIpc) is 3.30. The minimum atomic E-state index is -0.0622. The molecular formula is C23H21N5O. The second-order valence-corrected chi connectivity index (χ2v) is 6.87. The van der Waals surface area contributed by atoms with E-state index in [1.54, 1.807) is 4.68 Å². The summed E-state index contributed by atoms with van der Waals surface area (Å²) in [6, 6.07) is 26.1. The monoisotopic (exact) mass is 383 g/mol. The molecule has 0 fully saturated rings. The highest BCUT2D eigenvalue weighted by Gasteiger charge is 2.11. The van der Waals surface area contributed by atoms with Crippen molar-refractivity contribution >= 4 is 5.91 Å². The van der Waals surface area contributed by atoms with E-state index in [9.17, 15) is 4.79 Å². The van der Waals surface area contributed by atoms with E-state index in [2.05, 4.69) is 57.2 Å². The summed E-state index contributed by atoms with van der Waals surface area (Å²) in [6.07, 6.45) is 1.86. The van der Waals surface area contributed by atoms with Gasteiger partial charge in [-0.2, -0.15) is 0 Å². The van der Waals surface area contributed by atoms with E-state index < -0.39 is 0 Å². The standard InChI is InChI=1S/C23H21N5O/c1-17(19-9-11-21(12-10-19)20-5-3-2-4-6-20)25-23(29)15-18-7-13-22(14-8-18)28-16-24-26-27-28/h2-14,16-17H,15H2,1H3,(H,25,29). The third-order valence-corrected chi connectivity index (χ3v) is 4.81. The molecule has 0 saturated carbocycles. The van der Waals surface area contributed by atoms with Crippen LogP contribution in [0.3, 0.4) is 0 Å². The van der Waals surface area contributed by atoms with E-state index in [0.717, 1.165) is 22.4 Å². The second-order valence-electron chi connectivity index (χ2n) is 6.87. The van der Waals surface area contributed by atoms with Gasteiger partial charge in [0.2, 0.25) is 5.91 Å². The van der Waals surface area contributed by atoms with Gasteiger partial charge in [0, 0.05) is 0 Å². The molecular weight excluding hydrogens is 362 g/mol.